The number of nitrogens with zero attached hydrogens (tertiary/aromatic N) is 1. The molecule has 0 saturated carbocycles. The fourth-order valence-corrected chi connectivity index (χ4v) is 1.76. The van der Waals surface area contributed by atoms with Crippen LogP contribution in [0.4, 0.5) is 5.69 Å². The van der Waals surface area contributed by atoms with Crippen molar-refractivity contribution in [2.75, 3.05) is 6.26 Å². The van der Waals surface area contributed by atoms with Crippen LogP contribution in [0.15, 0.2) is 23.1 Å². The summed E-state index contributed by atoms with van der Waals surface area (Å²) in [5.41, 5.74) is -0.502. The number of thioether (sulfide) groups is 1. The van der Waals surface area contributed by atoms with E-state index in [9.17, 15) is 19.7 Å². The summed E-state index contributed by atoms with van der Waals surface area (Å²) in [6, 6.07) is 3.00. The van der Waals surface area contributed by atoms with Gasteiger partial charge < -0.3 is 10.4 Å². The number of hydrogen-bond donors (Lipinski definition) is 2. The summed E-state index contributed by atoms with van der Waals surface area (Å²) in [4.78, 5) is 33.4. The van der Waals surface area contributed by atoms with Gasteiger partial charge in [-0.1, -0.05) is 0 Å². The minimum atomic E-state index is -1.21. The Morgan fingerprint density at radius 1 is 1.47 bits per heavy atom. The van der Waals surface area contributed by atoms with E-state index in [1.54, 1.807) is 6.26 Å². The Bertz CT molecular complexity index is 532. The van der Waals surface area contributed by atoms with Gasteiger partial charge in [0.05, 0.1) is 4.92 Å². The van der Waals surface area contributed by atoms with Crippen LogP contribution in [0, 0.1) is 10.1 Å². The SMILES string of the molecule is CSc1ccc([N+](=O)[O-])c(C(=O)NC(C)C(=O)O)c1. The van der Waals surface area contributed by atoms with Crippen molar-refractivity contribution in [3.63, 3.8) is 0 Å². The number of carboxylic acids is 1. The van der Waals surface area contributed by atoms with E-state index in [1.165, 1.54) is 36.9 Å². The molecule has 1 aromatic rings. The first-order chi connectivity index (χ1) is 8.86. The van der Waals surface area contributed by atoms with Crippen molar-refractivity contribution in [1.82, 2.24) is 5.32 Å². The Morgan fingerprint density at radius 3 is 2.58 bits per heavy atom. The van der Waals surface area contributed by atoms with Gasteiger partial charge in [0, 0.05) is 11.0 Å². The molecule has 0 aromatic heterocycles. The maximum Gasteiger partial charge on any atom is 0.325 e. The molecular formula is C11H12N2O5S. The molecule has 102 valence electrons. The fourth-order valence-electron chi connectivity index (χ4n) is 1.32. The van der Waals surface area contributed by atoms with Crippen LogP contribution in [-0.2, 0) is 4.79 Å². The Balaban J connectivity index is 3.12. The van der Waals surface area contributed by atoms with E-state index in [4.69, 9.17) is 5.11 Å². The first-order valence-corrected chi connectivity index (χ1v) is 6.45. The highest BCUT2D eigenvalue weighted by Gasteiger charge is 2.23. The zero-order valence-electron chi connectivity index (χ0n) is 10.2. The maximum atomic E-state index is 11.9. The average Bonchev–Trinajstić information content (AvgIpc) is 2.37. The largest absolute Gasteiger partial charge is 0.480 e. The highest BCUT2D eigenvalue weighted by atomic mass is 32.2. The lowest BCUT2D eigenvalue weighted by molar-refractivity contribution is -0.385. The molecular weight excluding hydrogens is 272 g/mol. The Labute approximate surface area is 113 Å². The number of nitrogens with one attached hydrogen (secondary N) is 1. The van der Waals surface area contributed by atoms with Gasteiger partial charge in [0.25, 0.3) is 11.6 Å². The first-order valence-electron chi connectivity index (χ1n) is 5.23. The molecule has 1 rings (SSSR count). The Hall–Kier alpha value is -2.09. The number of amides is 1. The van der Waals surface area contributed by atoms with Gasteiger partial charge in [0.15, 0.2) is 0 Å². The topological polar surface area (TPSA) is 110 Å². The number of carbonyl (C=O) groups excluding carboxylic acids is 1. The number of benzene rings is 1. The molecule has 0 heterocycles. The second-order valence-electron chi connectivity index (χ2n) is 3.67. The number of carboxylic acid groups (broad SMARTS) is 1. The summed E-state index contributed by atoms with van der Waals surface area (Å²) in [7, 11) is 0. The first kappa shape index (κ1) is 15.0. The van der Waals surface area contributed by atoms with Crippen LogP contribution in [0.5, 0.6) is 0 Å². The summed E-state index contributed by atoms with van der Waals surface area (Å²) in [5.74, 6) is -1.99. The molecule has 0 aliphatic carbocycles. The quantitative estimate of drug-likeness (QED) is 0.482. The third-order valence-corrected chi connectivity index (χ3v) is 3.09. The van der Waals surface area contributed by atoms with E-state index >= 15 is 0 Å². The van der Waals surface area contributed by atoms with Gasteiger partial charge in [-0.2, -0.15) is 0 Å². The van der Waals surface area contributed by atoms with Gasteiger partial charge in [0.2, 0.25) is 0 Å². The molecule has 0 spiro atoms. The zero-order chi connectivity index (χ0) is 14.6. The Morgan fingerprint density at radius 2 is 2.11 bits per heavy atom. The molecule has 0 aliphatic heterocycles. The number of carbonyl (C=O) groups is 2. The monoisotopic (exact) mass is 284 g/mol. The van der Waals surface area contributed by atoms with E-state index < -0.39 is 22.8 Å². The number of nitro benzene ring substituents is 1. The van der Waals surface area contributed by atoms with Crippen molar-refractivity contribution in [1.29, 1.82) is 0 Å². The molecule has 19 heavy (non-hydrogen) atoms. The van der Waals surface area contributed by atoms with Crippen LogP contribution in [-0.4, -0.2) is 34.2 Å². The maximum absolute atomic E-state index is 11.9. The Kier molecular flexibility index (Phi) is 4.87. The van der Waals surface area contributed by atoms with Crippen LogP contribution in [0.1, 0.15) is 17.3 Å². The molecule has 0 aliphatic rings. The van der Waals surface area contributed by atoms with Crippen LogP contribution in [0.25, 0.3) is 0 Å². The van der Waals surface area contributed by atoms with Gasteiger partial charge in [-0.25, -0.2) is 0 Å². The molecule has 0 saturated heterocycles. The molecule has 7 nitrogen and oxygen atoms in total. The zero-order valence-corrected chi connectivity index (χ0v) is 11.1. The molecule has 2 N–H and O–H groups in total. The second kappa shape index (κ2) is 6.19. The summed E-state index contributed by atoms with van der Waals surface area (Å²) >= 11 is 1.33. The predicted octanol–water partition coefficient (Wildman–Crippen LogP) is 1.52. The van der Waals surface area contributed by atoms with Crippen molar-refractivity contribution < 1.29 is 19.6 Å². The highest BCUT2D eigenvalue weighted by Crippen LogP contribution is 2.24. The van der Waals surface area contributed by atoms with Crippen molar-refractivity contribution in [3.8, 4) is 0 Å². The minimum absolute atomic E-state index is 0.148. The highest BCUT2D eigenvalue weighted by molar-refractivity contribution is 7.98. The number of hydrogen-bond acceptors (Lipinski definition) is 5. The van der Waals surface area contributed by atoms with E-state index in [0.717, 1.165) is 0 Å². The van der Waals surface area contributed by atoms with E-state index in [0.29, 0.717) is 4.90 Å². The van der Waals surface area contributed by atoms with Crippen molar-refractivity contribution in [2.24, 2.45) is 0 Å². The average molecular weight is 284 g/mol. The lowest BCUT2D eigenvalue weighted by Gasteiger charge is -2.10. The molecule has 0 fully saturated rings. The standard InChI is InChI=1S/C11H12N2O5S/c1-6(11(15)16)12-10(14)8-5-7(19-2)3-4-9(8)13(17)18/h3-6H,1-2H3,(H,12,14)(H,15,16). The van der Waals surface area contributed by atoms with Gasteiger partial charge in [-0.15, -0.1) is 11.8 Å². The van der Waals surface area contributed by atoms with Crippen molar-refractivity contribution in [2.45, 2.75) is 17.9 Å². The summed E-state index contributed by atoms with van der Waals surface area (Å²) in [6.45, 7) is 1.28. The molecule has 1 unspecified atom stereocenters. The third kappa shape index (κ3) is 3.68. The molecule has 1 aromatic carbocycles. The van der Waals surface area contributed by atoms with Gasteiger partial charge >= 0.3 is 5.97 Å². The van der Waals surface area contributed by atoms with Crippen molar-refractivity contribution >= 4 is 29.3 Å². The lowest BCUT2D eigenvalue weighted by atomic mass is 10.1. The van der Waals surface area contributed by atoms with Crippen LogP contribution >= 0.6 is 11.8 Å². The van der Waals surface area contributed by atoms with Crippen LogP contribution in [0.3, 0.4) is 0 Å². The molecule has 1 amide bonds. The summed E-state index contributed by atoms with van der Waals surface area (Å²) < 4.78 is 0. The minimum Gasteiger partial charge on any atom is -0.480 e. The normalized spacial score (nSPS) is 11.7. The summed E-state index contributed by atoms with van der Waals surface area (Å²) in [6.07, 6.45) is 1.77. The fraction of sp³-hybridized carbons (Fsp3) is 0.273. The van der Waals surface area contributed by atoms with Gasteiger partial charge in [-0.3, -0.25) is 19.7 Å². The van der Waals surface area contributed by atoms with Gasteiger partial charge in [-0.05, 0) is 25.3 Å². The lowest BCUT2D eigenvalue weighted by Crippen LogP contribution is -2.38. The summed E-state index contributed by atoms with van der Waals surface area (Å²) in [5, 5.41) is 21.7. The smallest absolute Gasteiger partial charge is 0.325 e. The molecule has 8 heteroatoms. The number of aliphatic carboxylic acids is 1. The van der Waals surface area contributed by atoms with Crippen LogP contribution in [0.2, 0.25) is 0 Å². The van der Waals surface area contributed by atoms with E-state index in [2.05, 4.69) is 5.32 Å². The van der Waals surface area contributed by atoms with Crippen molar-refractivity contribution in [3.05, 3.63) is 33.9 Å². The van der Waals surface area contributed by atoms with Gasteiger partial charge in [0.1, 0.15) is 11.6 Å². The van der Waals surface area contributed by atoms with Crippen LogP contribution < -0.4 is 5.32 Å². The molecule has 0 radical (unpaired) electrons. The third-order valence-electron chi connectivity index (χ3n) is 2.36. The molecule has 0 bridgehead atoms. The number of nitro groups is 1. The van der Waals surface area contributed by atoms with E-state index in [1.807, 2.05) is 0 Å². The number of rotatable bonds is 5. The molecule has 1 atom stereocenters. The predicted molar refractivity (Wildman–Crippen MR) is 69.4 cm³/mol. The second-order valence-corrected chi connectivity index (χ2v) is 4.55. The van der Waals surface area contributed by atoms with E-state index in [-0.39, 0.29) is 11.3 Å².